The number of fused-ring (bicyclic) bond motifs is 1. The molecule has 0 aliphatic rings. The SMILES string of the molecule is Cc1cc(C(C)Nc2ccc(F)cc2C(F)(F)F)c2cc(C)n(C)c(=O)c2c1. The van der Waals surface area contributed by atoms with Crippen molar-refractivity contribution in [3.8, 4) is 0 Å². The number of alkyl halides is 3. The Bertz CT molecular complexity index is 1120. The average molecular weight is 392 g/mol. The van der Waals surface area contributed by atoms with Gasteiger partial charge in [0.25, 0.3) is 5.56 Å². The molecule has 0 saturated heterocycles. The van der Waals surface area contributed by atoms with Crippen molar-refractivity contribution in [2.24, 2.45) is 7.05 Å². The molecule has 2 aromatic carbocycles. The van der Waals surface area contributed by atoms with Gasteiger partial charge in [-0.15, -0.1) is 0 Å². The maximum Gasteiger partial charge on any atom is 0.418 e. The van der Waals surface area contributed by atoms with Crippen LogP contribution in [0.15, 0.2) is 41.2 Å². The predicted molar refractivity (Wildman–Crippen MR) is 102 cm³/mol. The van der Waals surface area contributed by atoms with Gasteiger partial charge in [-0.05, 0) is 67.6 Å². The van der Waals surface area contributed by atoms with E-state index in [-0.39, 0.29) is 11.2 Å². The van der Waals surface area contributed by atoms with Crippen LogP contribution in [0.2, 0.25) is 0 Å². The Balaban J connectivity index is 2.14. The highest BCUT2D eigenvalue weighted by atomic mass is 19.4. The first-order valence-electron chi connectivity index (χ1n) is 8.73. The molecule has 3 rings (SSSR count). The molecule has 7 heteroatoms. The molecule has 1 N–H and O–H groups in total. The highest BCUT2D eigenvalue weighted by molar-refractivity contribution is 5.87. The summed E-state index contributed by atoms with van der Waals surface area (Å²) in [5.41, 5.74) is 0.831. The number of nitrogens with one attached hydrogen (secondary N) is 1. The fourth-order valence-corrected chi connectivity index (χ4v) is 3.36. The maximum atomic E-state index is 13.4. The molecule has 1 aromatic heterocycles. The molecule has 148 valence electrons. The van der Waals surface area contributed by atoms with Crippen LogP contribution in [0.1, 0.15) is 35.3 Å². The van der Waals surface area contributed by atoms with E-state index in [1.165, 1.54) is 4.57 Å². The summed E-state index contributed by atoms with van der Waals surface area (Å²) in [5.74, 6) is -0.953. The van der Waals surface area contributed by atoms with Crippen LogP contribution in [0.25, 0.3) is 10.8 Å². The molecule has 1 unspecified atom stereocenters. The van der Waals surface area contributed by atoms with E-state index in [0.29, 0.717) is 22.4 Å². The van der Waals surface area contributed by atoms with E-state index >= 15 is 0 Å². The van der Waals surface area contributed by atoms with Crippen LogP contribution in [-0.4, -0.2) is 4.57 Å². The number of nitrogens with zero attached hydrogens (tertiary/aromatic N) is 1. The summed E-state index contributed by atoms with van der Waals surface area (Å²) >= 11 is 0. The van der Waals surface area contributed by atoms with Gasteiger partial charge in [0.05, 0.1) is 5.56 Å². The molecule has 0 aliphatic heterocycles. The third-order valence-corrected chi connectivity index (χ3v) is 4.90. The lowest BCUT2D eigenvalue weighted by Crippen LogP contribution is -2.20. The van der Waals surface area contributed by atoms with Gasteiger partial charge < -0.3 is 9.88 Å². The molecule has 0 aliphatic carbocycles. The van der Waals surface area contributed by atoms with Gasteiger partial charge in [-0.2, -0.15) is 13.2 Å². The smallest absolute Gasteiger partial charge is 0.378 e. The van der Waals surface area contributed by atoms with E-state index < -0.39 is 23.6 Å². The van der Waals surface area contributed by atoms with Gasteiger partial charge in [-0.25, -0.2) is 4.39 Å². The zero-order chi connectivity index (χ0) is 20.8. The van der Waals surface area contributed by atoms with Crippen LogP contribution in [-0.2, 0) is 13.2 Å². The summed E-state index contributed by atoms with van der Waals surface area (Å²) in [6.45, 7) is 5.34. The van der Waals surface area contributed by atoms with Crippen LogP contribution in [0.3, 0.4) is 0 Å². The lowest BCUT2D eigenvalue weighted by atomic mass is 9.96. The second-order valence-electron chi connectivity index (χ2n) is 7.02. The minimum absolute atomic E-state index is 0.162. The van der Waals surface area contributed by atoms with Gasteiger partial charge in [-0.3, -0.25) is 4.79 Å². The Morgan fingerprint density at radius 1 is 1.04 bits per heavy atom. The predicted octanol–water partition coefficient (Wildman–Crippen LogP) is 5.49. The van der Waals surface area contributed by atoms with Crippen LogP contribution in [0.4, 0.5) is 23.2 Å². The quantitative estimate of drug-likeness (QED) is 0.599. The second-order valence-corrected chi connectivity index (χ2v) is 7.02. The van der Waals surface area contributed by atoms with E-state index in [1.807, 2.05) is 19.1 Å². The van der Waals surface area contributed by atoms with Crippen LogP contribution in [0, 0.1) is 19.7 Å². The third-order valence-electron chi connectivity index (χ3n) is 4.90. The van der Waals surface area contributed by atoms with Crippen molar-refractivity contribution in [2.45, 2.75) is 33.0 Å². The number of pyridine rings is 1. The zero-order valence-corrected chi connectivity index (χ0v) is 15.9. The summed E-state index contributed by atoms with van der Waals surface area (Å²) in [4.78, 5) is 12.6. The summed E-state index contributed by atoms with van der Waals surface area (Å²) in [6.07, 6.45) is -4.69. The number of benzene rings is 2. The number of anilines is 1. The van der Waals surface area contributed by atoms with Gasteiger partial charge >= 0.3 is 6.18 Å². The van der Waals surface area contributed by atoms with E-state index in [1.54, 1.807) is 27.0 Å². The first kappa shape index (κ1) is 19.9. The normalized spacial score (nSPS) is 13.0. The number of aryl methyl sites for hydroxylation is 2. The molecule has 0 amide bonds. The lowest BCUT2D eigenvalue weighted by molar-refractivity contribution is -0.137. The van der Waals surface area contributed by atoms with Crippen molar-refractivity contribution in [2.75, 3.05) is 5.32 Å². The van der Waals surface area contributed by atoms with Crippen molar-refractivity contribution in [1.82, 2.24) is 4.57 Å². The standard InChI is InChI=1S/C21H20F4N2O/c1-11-7-15(16-9-12(2)27(4)20(28)17(16)8-11)13(3)26-19-6-5-14(22)10-18(19)21(23,24)25/h5-10,13,26H,1-4H3. The molecule has 3 aromatic rings. The molecule has 3 nitrogen and oxygen atoms in total. The largest absolute Gasteiger partial charge is 0.418 e. The number of hydrogen-bond donors (Lipinski definition) is 1. The first-order chi connectivity index (χ1) is 13.0. The average Bonchev–Trinajstić information content (AvgIpc) is 2.60. The summed E-state index contributed by atoms with van der Waals surface area (Å²) in [5, 5.41) is 4.03. The van der Waals surface area contributed by atoms with Crippen LogP contribution in [0.5, 0.6) is 0 Å². The Hall–Kier alpha value is -2.83. The Kier molecular flexibility index (Phi) is 4.95. The Morgan fingerprint density at radius 2 is 1.71 bits per heavy atom. The molecule has 0 spiro atoms. The zero-order valence-electron chi connectivity index (χ0n) is 15.9. The highest BCUT2D eigenvalue weighted by Crippen LogP contribution is 2.37. The summed E-state index contributed by atoms with van der Waals surface area (Å²) in [7, 11) is 1.68. The van der Waals surface area contributed by atoms with Crippen molar-refractivity contribution in [1.29, 1.82) is 0 Å². The number of hydrogen-bond acceptors (Lipinski definition) is 2. The first-order valence-corrected chi connectivity index (χ1v) is 8.73. The molecule has 0 radical (unpaired) electrons. The molecular weight excluding hydrogens is 372 g/mol. The van der Waals surface area contributed by atoms with Gasteiger partial charge in [0.2, 0.25) is 0 Å². The third kappa shape index (κ3) is 3.61. The monoisotopic (exact) mass is 392 g/mol. The lowest BCUT2D eigenvalue weighted by Gasteiger charge is -2.22. The molecule has 1 heterocycles. The maximum absolute atomic E-state index is 13.4. The van der Waals surface area contributed by atoms with E-state index in [2.05, 4.69) is 5.32 Å². The highest BCUT2D eigenvalue weighted by Gasteiger charge is 2.34. The van der Waals surface area contributed by atoms with Gasteiger partial charge in [-0.1, -0.05) is 6.07 Å². The fraction of sp³-hybridized carbons (Fsp3) is 0.286. The Morgan fingerprint density at radius 3 is 2.36 bits per heavy atom. The topological polar surface area (TPSA) is 34.0 Å². The van der Waals surface area contributed by atoms with Crippen molar-refractivity contribution < 1.29 is 17.6 Å². The molecule has 0 saturated carbocycles. The van der Waals surface area contributed by atoms with Crippen molar-refractivity contribution in [3.63, 3.8) is 0 Å². The van der Waals surface area contributed by atoms with Gasteiger partial charge in [0.1, 0.15) is 5.82 Å². The molecule has 28 heavy (non-hydrogen) atoms. The number of halogens is 4. The minimum Gasteiger partial charge on any atom is -0.378 e. The summed E-state index contributed by atoms with van der Waals surface area (Å²) in [6, 6.07) is 7.46. The van der Waals surface area contributed by atoms with Gasteiger partial charge in [0, 0.05) is 29.9 Å². The van der Waals surface area contributed by atoms with Crippen molar-refractivity contribution in [3.05, 3.63) is 75.0 Å². The molecule has 0 fully saturated rings. The molecule has 1 atom stereocenters. The van der Waals surface area contributed by atoms with E-state index in [9.17, 15) is 22.4 Å². The van der Waals surface area contributed by atoms with Crippen LogP contribution < -0.4 is 10.9 Å². The summed E-state index contributed by atoms with van der Waals surface area (Å²) < 4.78 is 54.8. The van der Waals surface area contributed by atoms with E-state index in [0.717, 1.165) is 23.4 Å². The van der Waals surface area contributed by atoms with Crippen LogP contribution >= 0.6 is 0 Å². The molecule has 0 bridgehead atoms. The Labute approximate surface area is 159 Å². The minimum atomic E-state index is -4.69. The second kappa shape index (κ2) is 6.96. The molecular formula is C21H20F4N2O. The van der Waals surface area contributed by atoms with Crippen molar-refractivity contribution >= 4 is 16.5 Å². The van der Waals surface area contributed by atoms with E-state index in [4.69, 9.17) is 0 Å². The van der Waals surface area contributed by atoms with Gasteiger partial charge in [0.15, 0.2) is 0 Å². The number of aromatic nitrogens is 1. The fourth-order valence-electron chi connectivity index (χ4n) is 3.36. The number of rotatable bonds is 3.